The summed E-state index contributed by atoms with van der Waals surface area (Å²) in [6.45, 7) is 2.19. The average molecular weight is 279 g/mol. The van der Waals surface area contributed by atoms with Gasteiger partial charge in [0.2, 0.25) is 0 Å². The molecule has 0 aliphatic rings. The molecule has 0 amide bonds. The Labute approximate surface area is 123 Å². The highest BCUT2D eigenvalue weighted by Gasteiger charge is 2.05. The maximum atomic E-state index is 3.23. The molecule has 1 heterocycles. The fourth-order valence-corrected chi connectivity index (χ4v) is 3.49. The molecule has 100 valence electrons. The Bertz CT molecular complexity index is 768. The van der Waals surface area contributed by atoms with E-state index in [1.54, 1.807) is 0 Å². The van der Waals surface area contributed by atoms with Crippen molar-refractivity contribution in [3.8, 4) is 0 Å². The van der Waals surface area contributed by atoms with E-state index in [0.29, 0.717) is 0 Å². The largest absolute Gasteiger partial charge is 0.388 e. The van der Waals surface area contributed by atoms with Crippen molar-refractivity contribution in [1.29, 1.82) is 0 Å². The highest BCUT2D eigenvalue weighted by Crippen LogP contribution is 2.32. The van der Waals surface area contributed by atoms with Crippen LogP contribution in [0.1, 0.15) is 16.0 Å². The van der Waals surface area contributed by atoms with Gasteiger partial charge in [-0.25, -0.2) is 0 Å². The Morgan fingerprint density at radius 3 is 2.55 bits per heavy atom. The van der Waals surface area contributed by atoms with Crippen LogP contribution in [0.3, 0.4) is 0 Å². The molecular weight excluding hydrogens is 262 g/mol. The number of aryl methyl sites for hydroxylation is 1. The van der Waals surface area contributed by atoms with Gasteiger partial charge in [0, 0.05) is 22.3 Å². The second kappa shape index (κ2) is 5.51. The van der Waals surface area contributed by atoms with Crippen molar-refractivity contribution in [2.75, 3.05) is 12.4 Å². The number of hydrogen-bond acceptors (Lipinski definition) is 2. The second-order valence-corrected chi connectivity index (χ2v) is 5.99. The molecule has 1 aromatic heterocycles. The van der Waals surface area contributed by atoms with Crippen LogP contribution in [0.25, 0.3) is 22.2 Å². The fraction of sp³-hybridized carbons (Fsp3) is 0.111. The molecule has 0 fully saturated rings. The summed E-state index contributed by atoms with van der Waals surface area (Å²) in [6, 6.07) is 16.9. The van der Waals surface area contributed by atoms with Gasteiger partial charge in [0.15, 0.2) is 0 Å². The topological polar surface area (TPSA) is 12.0 Å². The fourth-order valence-electron chi connectivity index (χ4n) is 2.44. The minimum atomic E-state index is 1.15. The third-order valence-electron chi connectivity index (χ3n) is 3.48. The Morgan fingerprint density at radius 1 is 0.950 bits per heavy atom. The first-order valence-electron chi connectivity index (χ1n) is 6.72. The molecule has 0 aliphatic heterocycles. The monoisotopic (exact) mass is 279 g/mol. The van der Waals surface area contributed by atoms with Gasteiger partial charge in [-0.2, -0.15) is 0 Å². The Hall–Kier alpha value is -2.06. The Morgan fingerprint density at radius 2 is 1.70 bits per heavy atom. The molecule has 0 atom stereocenters. The number of anilines is 1. The Balaban J connectivity index is 2.05. The van der Waals surface area contributed by atoms with Crippen LogP contribution in [0, 0.1) is 6.92 Å². The maximum absolute atomic E-state index is 3.23. The molecule has 1 N–H and O–H groups in total. The minimum absolute atomic E-state index is 1.15. The molecular formula is C18H17NS. The molecule has 0 saturated carbocycles. The molecule has 0 spiro atoms. The van der Waals surface area contributed by atoms with Crippen LogP contribution in [-0.2, 0) is 0 Å². The van der Waals surface area contributed by atoms with E-state index in [-0.39, 0.29) is 0 Å². The zero-order valence-electron chi connectivity index (χ0n) is 11.7. The van der Waals surface area contributed by atoms with Gasteiger partial charge in [-0.1, -0.05) is 48.6 Å². The van der Waals surface area contributed by atoms with Gasteiger partial charge in [0.1, 0.15) is 0 Å². The second-order valence-electron chi connectivity index (χ2n) is 4.74. The van der Waals surface area contributed by atoms with Crippen LogP contribution in [0.5, 0.6) is 0 Å². The third-order valence-corrected chi connectivity index (χ3v) is 4.58. The number of fused-ring (bicyclic) bond motifs is 1. The lowest BCUT2D eigenvalue weighted by Crippen LogP contribution is -1.90. The number of rotatable bonds is 3. The van der Waals surface area contributed by atoms with E-state index < -0.39 is 0 Å². The number of thiophene rings is 1. The van der Waals surface area contributed by atoms with E-state index in [9.17, 15) is 0 Å². The van der Waals surface area contributed by atoms with Crippen LogP contribution < -0.4 is 5.32 Å². The molecule has 2 heteroatoms. The van der Waals surface area contributed by atoms with E-state index in [1.165, 1.54) is 26.1 Å². The molecule has 0 unspecified atom stereocenters. The van der Waals surface area contributed by atoms with E-state index >= 15 is 0 Å². The van der Waals surface area contributed by atoms with Gasteiger partial charge < -0.3 is 5.32 Å². The lowest BCUT2D eigenvalue weighted by molar-refractivity contribution is 1.49. The molecule has 3 aromatic rings. The average Bonchev–Trinajstić information content (AvgIpc) is 2.81. The molecule has 0 radical (unpaired) electrons. The molecule has 0 aliphatic carbocycles. The van der Waals surface area contributed by atoms with Gasteiger partial charge in [0.25, 0.3) is 0 Å². The van der Waals surface area contributed by atoms with Crippen molar-refractivity contribution in [3.63, 3.8) is 0 Å². The lowest BCUT2D eigenvalue weighted by atomic mass is 10.1. The van der Waals surface area contributed by atoms with Crippen molar-refractivity contribution < 1.29 is 0 Å². The highest BCUT2D eigenvalue weighted by molar-refractivity contribution is 7.19. The Kier molecular flexibility index (Phi) is 3.57. The summed E-state index contributed by atoms with van der Waals surface area (Å²) in [6.07, 6.45) is 4.41. The van der Waals surface area contributed by atoms with Crippen LogP contribution >= 0.6 is 11.3 Å². The van der Waals surface area contributed by atoms with Crippen molar-refractivity contribution >= 4 is 39.3 Å². The quantitative estimate of drug-likeness (QED) is 0.675. The summed E-state index contributed by atoms with van der Waals surface area (Å²) < 4.78 is 1.35. The first-order chi connectivity index (χ1) is 9.79. The summed E-state index contributed by atoms with van der Waals surface area (Å²) in [5, 5.41) is 4.57. The first-order valence-corrected chi connectivity index (χ1v) is 7.54. The van der Waals surface area contributed by atoms with E-state index in [0.717, 1.165) is 5.69 Å². The molecule has 0 bridgehead atoms. The number of benzene rings is 2. The SMILES string of the molecule is CNc1ccccc1/C=C/c1c(C)sc2ccccc12. The van der Waals surface area contributed by atoms with Gasteiger partial charge in [-0.15, -0.1) is 11.3 Å². The highest BCUT2D eigenvalue weighted by atomic mass is 32.1. The molecule has 3 rings (SSSR count). The predicted molar refractivity (Wildman–Crippen MR) is 91.5 cm³/mol. The summed E-state index contributed by atoms with van der Waals surface area (Å²) in [4.78, 5) is 1.37. The summed E-state index contributed by atoms with van der Waals surface area (Å²) in [7, 11) is 1.96. The predicted octanol–water partition coefficient (Wildman–Crippen LogP) is 5.42. The summed E-state index contributed by atoms with van der Waals surface area (Å²) >= 11 is 1.86. The maximum Gasteiger partial charge on any atom is 0.0411 e. The molecule has 20 heavy (non-hydrogen) atoms. The zero-order valence-corrected chi connectivity index (χ0v) is 12.5. The first kappa shape index (κ1) is 12.9. The smallest absolute Gasteiger partial charge is 0.0411 e. The van der Waals surface area contributed by atoms with Crippen molar-refractivity contribution in [2.45, 2.75) is 6.92 Å². The van der Waals surface area contributed by atoms with Gasteiger partial charge >= 0.3 is 0 Å². The molecule has 2 aromatic carbocycles. The standard InChI is InChI=1S/C18H17NS/c1-13-15(16-8-4-6-10-18(16)20-13)12-11-14-7-3-5-9-17(14)19-2/h3-12,19H,1-2H3/b12-11+. The lowest BCUT2D eigenvalue weighted by Gasteiger charge is -2.04. The molecule has 1 nitrogen and oxygen atoms in total. The van der Waals surface area contributed by atoms with Crippen molar-refractivity contribution in [1.82, 2.24) is 0 Å². The molecule has 0 saturated heterocycles. The van der Waals surface area contributed by atoms with Crippen LogP contribution in [0.4, 0.5) is 5.69 Å². The van der Waals surface area contributed by atoms with Crippen molar-refractivity contribution in [3.05, 3.63) is 64.5 Å². The number of nitrogens with one attached hydrogen (secondary N) is 1. The zero-order chi connectivity index (χ0) is 13.9. The van der Waals surface area contributed by atoms with E-state index in [2.05, 4.69) is 72.9 Å². The summed E-state index contributed by atoms with van der Waals surface area (Å²) in [5.41, 5.74) is 3.70. The van der Waals surface area contributed by atoms with Crippen LogP contribution in [0.15, 0.2) is 48.5 Å². The van der Waals surface area contributed by atoms with Gasteiger partial charge in [0.05, 0.1) is 0 Å². The number of hydrogen-bond donors (Lipinski definition) is 1. The van der Waals surface area contributed by atoms with Crippen molar-refractivity contribution in [2.24, 2.45) is 0 Å². The van der Waals surface area contributed by atoms with Crippen LogP contribution in [0.2, 0.25) is 0 Å². The van der Waals surface area contributed by atoms with Gasteiger partial charge in [-0.3, -0.25) is 0 Å². The number of para-hydroxylation sites is 1. The van der Waals surface area contributed by atoms with E-state index in [1.807, 2.05) is 18.4 Å². The van der Waals surface area contributed by atoms with Crippen LogP contribution in [-0.4, -0.2) is 7.05 Å². The van der Waals surface area contributed by atoms with E-state index in [4.69, 9.17) is 0 Å². The minimum Gasteiger partial charge on any atom is -0.388 e. The normalized spacial score (nSPS) is 11.3. The van der Waals surface area contributed by atoms with Gasteiger partial charge in [-0.05, 0) is 35.6 Å². The third kappa shape index (κ3) is 2.35. The summed E-state index contributed by atoms with van der Waals surface area (Å²) in [5.74, 6) is 0.